The predicted molar refractivity (Wildman–Crippen MR) is 129 cm³/mol. The summed E-state index contributed by atoms with van der Waals surface area (Å²) >= 11 is 0. The molecule has 0 aliphatic rings. The van der Waals surface area contributed by atoms with Crippen molar-refractivity contribution in [2.75, 3.05) is 13.7 Å². The Morgan fingerprint density at radius 3 is 1.92 bits per heavy atom. The number of benzene rings is 2. The Balaban J connectivity index is 1.79. The van der Waals surface area contributed by atoms with Gasteiger partial charge in [0.1, 0.15) is 17.5 Å². The van der Waals surface area contributed by atoms with Gasteiger partial charge in [0.15, 0.2) is 6.23 Å². The maximum atomic E-state index is 12.7. The molecule has 194 valence electrons. The van der Waals surface area contributed by atoms with Crippen LogP contribution in [0.5, 0.6) is 11.5 Å². The van der Waals surface area contributed by atoms with E-state index in [0.717, 1.165) is 0 Å². The third-order valence-corrected chi connectivity index (χ3v) is 4.77. The molecule has 11 nitrogen and oxygen atoms in total. The molecular formula is C25H31N3O8. The second-order valence-electron chi connectivity index (χ2n) is 7.49. The zero-order valence-electron chi connectivity index (χ0n) is 20.2. The van der Waals surface area contributed by atoms with Gasteiger partial charge in [-0.05, 0) is 43.5 Å². The van der Waals surface area contributed by atoms with Crippen LogP contribution in [0.2, 0.25) is 0 Å². The van der Waals surface area contributed by atoms with Gasteiger partial charge in [-0.25, -0.2) is 19.2 Å². The second kappa shape index (κ2) is 15.6. The van der Waals surface area contributed by atoms with Crippen LogP contribution in [-0.2, 0) is 14.3 Å². The van der Waals surface area contributed by atoms with Crippen LogP contribution in [0.25, 0.3) is 0 Å². The fourth-order valence-electron chi connectivity index (χ4n) is 2.94. The number of hydrogen-bond acceptors (Lipinski definition) is 8. The zero-order valence-corrected chi connectivity index (χ0v) is 20.2. The van der Waals surface area contributed by atoms with Crippen molar-refractivity contribution in [1.29, 1.82) is 0 Å². The molecule has 2 unspecified atom stereocenters. The number of amides is 3. The highest BCUT2D eigenvalue weighted by molar-refractivity contribution is 5.81. The molecule has 0 saturated heterocycles. The molecule has 0 bridgehead atoms. The highest BCUT2D eigenvalue weighted by Gasteiger charge is 2.26. The van der Waals surface area contributed by atoms with Gasteiger partial charge in [-0.2, -0.15) is 0 Å². The number of unbranched alkanes of at least 4 members (excludes halogenated alkanes) is 1. The molecule has 0 spiro atoms. The van der Waals surface area contributed by atoms with Gasteiger partial charge in [0.05, 0.1) is 7.11 Å². The Bertz CT molecular complexity index is 972. The van der Waals surface area contributed by atoms with Crippen molar-refractivity contribution in [2.24, 2.45) is 0 Å². The fourth-order valence-corrected chi connectivity index (χ4v) is 2.94. The monoisotopic (exact) mass is 501 g/mol. The topological polar surface area (TPSA) is 141 Å². The molecule has 0 aliphatic heterocycles. The normalized spacial score (nSPS) is 11.8. The van der Waals surface area contributed by atoms with Crippen LogP contribution in [0, 0.1) is 0 Å². The average Bonchev–Trinajstić information content (AvgIpc) is 2.88. The summed E-state index contributed by atoms with van der Waals surface area (Å²) in [5, 5.41) is 7.52. The van der Waals surface area contributed by atoms with Crippen LogP contribution in [0.3, 0.4) is 0 Å². The molecular weight excluding hydrogens is 470 g/mol. The minimum atomic E-state index is -1.02. The van der Waals surface area contributed by atoms with Crippen molar-refractivity contribution in [3.05, 3.63) is 60.7 Å². The molecule has 0 heterocycles. The van der Waals surface area contributed by atoms with E-state index in [0.29, 0.717) is 30.9 Å². The third kappa shape index (κ3) is 10.8. The smallest absolute Gasteiger partial charge is 0.415 e. The number of nitrogens with one attached hydrogen (secondary N) is 3. The lowest BCUT2D eigenvalue weighted by Gasteiger charge is -2.22. The molecule has 11 heteroatoms. The van der Waals surface area contributed by atoms with Gasteiger partial charge in [-0.3, -0.25) is 5.32 Å². The van der Waals surface area contributed by atoms with Crippen LogP contribution in [0.15, 0.2) is 60.7 Å². The van der Waals surface area contributed by atoms with Crippen molar-refractivity contribution < 1.29 is 38.1 Å². The highest BCUT2D eigenvalue weighted by atomic mass is 16.6. The van der Waals surface area contributed by atoms with Crippen molar-refractivity contribution in [2.45, 2.75) is 44.9 Å². The SMILES string of the molecule is CCC(NC(=O)Oc1ccccc1)OC(=O)C(CCCCNC(=O)Oc1ccccc1)NC(=O)OC. The highest BCUT2D eigenvalue weighted by Crippen LogP contribution is 2.11. The van der Waals surface area contributed by atoms with Crippen LogP contribution < -0.4 is 25.4 Å². The number of carbonyl (C=O) groups is 4. The predicted octanol–water partition coefficient (Wildman–Crippen LogP) is 3.74. The van der Waals surface area contributed by atoms with Gasteiger partial charge in [0.2, 0.25) is 0 Å². The van der Waals surface area contributed by atoms with Crippen LogP contribution in [0.4, 0.5) is 14.4 Å². The summed E-state index contributed by atoms with van der Waals surface area (Å²) < 4.78 is 20.2. The first-order chi connectivity index (χ1) is 17.4. The summed E-state index contributed by atoms with van der Waals surface area (Å²) in [7, 11) is 1.18. The molecule has 36 heavy (non-hydrogen) atoms. The number of methoxy groups -OCH3 is 1. The first-order valence-electron chi connectivity index (χ1n) is 11.5. The Morgan fingerprint density at radius 2 is 1.36 bits per heavy atom. The van der Waals surface area contributed by atoms with Crippen LogP contribution in [-0.4, -0.2) is 50.2 Å². The standard InChI is InChI=1S/C25H31N3O8/c1-3-21(28-25(32)35-19-14-8-5-9-15-19)36-22(29)20(27-24(31)33-2)16-10-11-17-26-23(30)34-18-12-6-4-7-13-18/h4-9,12-15,20-21H,3,10-11,16-17H2,1-2H3,(H,26,30)(H,27,31)(H,28,32). The van der Waals surface area contributed by atoms with Crippen molar-refractivity contribution in [3.8, 4) is 11.5 Å². The average molecular weight is 502 g/mol. The van der Waals surface area contributed by atoms with Crippen molar-refractivity contribution in [1.82, 2.24) is 16.0 Å². The molecule has 2 atom stereocenters. The Labute approximate surface area is 209 Å². The summed E-state index contributed by atoms with van der Waals surface area (Å²) in [6.45, 7) is 2.01. The number of esters is 1. The lowest BCUT2D eigenvalue weighted by atomic mass is 10.1. The number of carbonyl (C=O) groups excluding carboxylic acids is 4. The molecule has 0 aromatic heterocycles. The maximum absolute atomic E-state index is 12.7. The quantitative estimate of drug-likeness (QED) is 0.227. The number of hydrogen-bond donors (Lipinski definition) is 3. The second-order valence-corrected chi connectivity index (χ2v) is 7.49. The summed E-state index contributed by atoms with van der Waals surface area (Å²) in [5.41, 5.74) is 0. The van der Waals surface area contributed by atoms with Crippen molar-refractivity contribution >= 4 is 24.2 Å². The lowest BCUT2D eigenvalue weighted by molar-refractivity contribution is -0.153. The summed E-state index contributed by atoms with van der Waals surface area (Å²) in [5.74, 6) is 0.0122. The zero-order chi connectivity index (χ0) is 26.2. The molecule has 3 amide bonds. The van der Waals surface area contributed by atoms with Gasteiger partial charge in [-0.15, -0.1) is 0 Å². The maximum Gasteiger partial charge on any atom is 0.415 e. The molecule has 2 rings (SSSR count). The van der Waals surface area contributed by atoms with E-state index in [4.69, 9.17) is 14.2 Å². The molecule has 3 N–H and O–H groups in total. The Morgan fingerprint density at radius 1 is 0.778 bits per heavy atom. The van der Waals surface area contributed by atoms with E-state index in [1.54, 1.807) is 61.5 Å². The van der Waals surface area contributed by atoms with Gasteiger partial charge in [0, 0.05) is 13.0 Å². The summed E-state index contributed by atoms with van der Waals surface area (Å²) in [6.07, 6.45) is -1.68. The molecule has 2 aromatic carbocycles. The minimum Gasteiger partial charge on any atom is -0.453 e. The van der Waals surface area contributed by atoms with E-state index in [9.17, 15) is 19.2 Å². The molecule has 0 radical (unpaired) electrons. The van der Waals surface area contributed by atoms with E-state index in [1.165, 1.54) is 7.11 Å². The lowest BCUT2D eigenvalue weighted by Crippen LogP contribution is -2.46. The molecule has 2 aromatic rings. The van der Waals surface area contributed by atoms with E-state index in [2.05, 4.69) is 20.7 Å². The van der Waals surface area contributed by atoms with Gasteiger partial charge >= 0.3 is 24.2 Å². The first kappa shape index (κ1) is 28.0. The van der Waals surface area contributed by atoms with Crippen LogP contribution in [0.1, 0.15) is 32.6 Å². The largest absolute Gasteiger partial charge is 0.453 e. The number of alkyl carbamates (subject to hydrolysis) is 1. The third-order valence-electron chi connectivity index (χ3n) is 4.77. The van der Waals surface area contributed by atoms with E-state index < -0.39 is 36.5 Å². The van der Waals surface area contributed by atoms with E-state index in [1.807, 2.05) is 6.07 Å². The molecule has 0 fully saturated rings. The fraction of sp³-hybridized carbons (Fsp3) is 0.360. The van der Waals surface area contributed by atoms with E-state index >= 15 is 0 Å². The Hall–Kier alpha value is -4.28. The first-order valence-corrected chi connectivity index (χ1v) is 11.5. The minimum absolute atomic E-state index is 0.217. The molecule has 0 saturated carbocycles. The number of para-hydroxylation sites is 2. The van der Waals surface area contributed by atoms with E-state index in [-0.39, 0.29) is 12.8 Å². The number of ether oxygens (including phenoxy) is 4. The summed E-state index contributed by atoms with van der Waals surface area (Å²) in [4.78, 5) is 48.4. The Kier molecular flexibility index (Phi) is 12.1. The van der Waals surface area contributed by atoms with Crippen LogP contribution >= 0.6 is 0 Å². The van der Waals surface area contributed by atoms with Gasteiger partial charge in [0.25, 0.3) is 0 Å². The summed E-state index contributed by atoms with van der Waals surface area (Å²) in [6, 6.07) is 16.0. The van der Waals surface area contributed by atoms with Crippen molar-refractivity contribution in [3.63, 3.8) is 0 Å². The molecule has 0 aliphatic carbocycles. The number of rotatable bonds is 12. The van der Waals surface area contributed by atoms with Gasteiger partial charge in [-0.1, -0.05) is 43.3 Å². The van der Waals surface area contributed by atoms with Gasteiger partial charge < -0.3 is 29.6 Å².